The van der Waals surface area contributed by atoms with Gasteiger partial charge in [-0.2, -0.15) is 0 Å². The molecule has 0 fully saturated rings. The average Bonchev–Trinajstić information content (AvgIpc) is 2.66. The first kappa shape index (κ1) is 20.7. The third-order valence-electron chi connectivity index (χ3n) is 4.48. The van der Waals surface area contributed by atoms with E-state index in [-0.39, 0.29) is 11.9 Å². The van der Waals surface area contributed by atoms with Gasteiger partial charge in [0.05, 0.1) is 13.2 Å². The number of hydrogen-bond donors (Lipinski definition) is 1. The monoisotopic (exact) mass is 372 g/mol. The maximum atomic E-state index is 13.2. The van der Waals surface area contributed by atoms with E-state index in [0.717, 1.165) is 23.8 Å². The van der Waals surface area contributed by atoms with Crippen LogP contribution in [0.25, 0.3) is 0 Å². The molecule has 1 N–H and O–H groups in total. The zero-order valence-corrected chi connectivity index (χ0v) is 16.7. The lowest BCUT2D eigenvalue weighted by atomic mass is 10.1. The summed E-state index contributed by atoms with van der Waals surface area (Å²) >= 11 is 0. The van der Waals surface area contributed by atoms with Crippen molar-refractivity contribution in [3.63, 3.8) is 0 Å². The molecule has 0 saturated heterocycles. The number of methoxy groups -OCH3 is 1. The van der Waals surface area contributed by atoms with E-state index < -0.39 is 0 Å². The van der Waals surface area contributed by atoms with Gasteiger partial charge in [-0.3, -0.25) is 4.99 Å². The second-order valence-corrected chi connectivity index (χ2v) is 6.66. The number of benzene rings is 2. The molecule has 27 heavy (non-hydrogen) atoms. The molecule has 0 aliphatic carbocycles. The van der Waals surface area contributed by atoms with Gasteiger partial charge in [-0.25, -0.2) is 4.39 Å². The Balaban J connectivity index is 2.00. The van der Waals surface area contributed by atoms with Crippen LogP contribution in [0, 0.1) is 5.82 Å². The standard InChI is InChI=1S/C21H29FN4O/c1-23-21(26(4)15-16-6-12-19(27-5)13-7-16)24-14-20(25(2)3)17-8-10-18(22)11-9-17/h6-13,20H,14-15H2,1-5H3,(H,23,24). The summed E-state index contributed by atoms with van der Waals surface area (Å²) in [6.45, 7) is 1.39. The minimum atomic E-state index is -0.223. The first-order chi connectivity index (χ1) is 12.9. The highest BCUT2D eigenvalue weighted by molar-refractivity contribution is 5.79. The van der Waals surface area contributed by atoms with Crippen LogP contribution in [0.5, 0.6) is 5.75 Å². The quantitative estimate of drug-likeness (QED) is 0.599. The van der Waals surface area contributed by atoms with Crippen LogP contribution in [0.3, 0.4) is 0 Å². The fraction of sp³-hybridized carbons (Fsp3) is 0.381. The van der Waals surface area contributed by atoms with E-state index >= 15 is 0 Å². The minimum Gasteiger partial charge on any atom is -0.497 e. The molecule has 0 bridgehead atoms. The SMILES string of the molecule is CN=C(NCC(c1ccc(F)cc1)N(C)C)N(C)Cc1ccc(OC)cc1. The van der Waals surface area contributed by atoms with Gasteiger partial charge in [0, 0.05) is 27.2 Å². The van der Waals surface area contributed by atoms with Crippen LogP contribution < -0.4 is 10.1 Å². The predicted molar refractivity (Wildman–Crippen MR) is 109 cm³/mol. The highest BCUT2D eigenvalue weighted by Gasteiger charge is 2.16. The number of ether oxygens (including phenoxy) is 1. The summed E-state index contributed by atoms with van der Waals surface area (Å²) in [6, 6.07) is 14.8. The first-order valence-electron chi connectivity index (χ1n) is 8.91. The van der Waals surface area contributed by atoms with Crippen molar-refractivity contribution in [2.45, 2.75) is 12.6 Å². The molecule has 5 nitrogen and oxygen atoms in total. The van der Waals surface area contributed by atoms with Crippen molar-refractivity contribution in [1.29, 1.82) is 0 Å². The Bertz CT molecular complexity index is 729. The molecule has 2 rings (SSSR count). The Hall–Kier alpha value is -2.60. The summed E-state index contributed by atoms with van der Waals surface area (Å²) in [5, 5.41) is 3.42. The summed E-state index contributed by atoms with van der Waals surface area (Å²) in [5.74, 6) is 1.43. The van der Waals surface area contributed by atoms with Crippen LogP contribution in [-0.2, 0) is 6.54 Å². The summed E-state index contributed by atoms with van der Waals surface area (Å²) in [4.78, 5) is 8.56. The smallest absolute Gasteiger partial charge is 0.193 e. The number of hydrogen-bond acceptors (Lipinski definition) is 3. The highest BCUT2D eigenvalue weighted by Crippen LogP contribution is 2.18. The van der Waals surface area contributed by atoms with Crippen LogP contribution in [0.2, 0.25) is 0 Å². The van der Waals surface area contributed by atoms with Crippen molar-refractivity contribution in [3.05, 3.63) is 65.5 Å². The summed E-state index contributed by atoms with van der Waals surface area (Å²) in [5.41, 5.74) is 2.23. The van der Waals surface area contributed by atoms with Gasteiger partial charge in [0.15, 0.2) is 5.96 Å². The van der Waals surface area contributed by atoms with E-state index in [1.54, 1.807) is 14.2 Å². The van der Waals surface area contributed by atoms with Crippen molar-refractivity contribution in [1.82, 2.24) is 15.1 Å². The fourth-order valence-corrected chi connectivity index (χ4v) is 2.94. The van der Waals surface area contributed by atoms with E-state index in [9.17, 15) is 4.39 Å². The van der Waals surface area contributed by atoms with Gasteiger partial charge in [-0.05, 0) is 49.5 Å². The highest BCUT2D eigenvalue weighted by atomic mass is 19.1. The molecule has 146 valence electrons. The summed E-state index contributed by atoms with van der Waals surface area (Å²) in [7, 11) is 9.46. The van der Waals surface area contributed by atoms with Gasteiger partial charge in [-0.1, -0.05) is 24.3 Å². The van der Waals surface area contributed by atoms with Crippen molar-refractivity contribution in [2.75, 3.05) is 41.8 Å². The van der Waals surface area contributed by atoms with Gasteiger partial charge in [0.25, 0.3) is 0 Å². The second-order valence-electron chi connectivity index (χ2n) is 6.66. The van der Waals surface area contributed by atoms with Crippen LogP contribution in [-0.4, -0.2) is 57.6 Å². The number of nitrogens with zero attached hydrogens (tertiary/aromatic N) is 3. The summed E-state index contributed by atoms with van der Waals surface area (Å²) in [6.07, 6.45) is 0. The number of nitrogens with one attached hydrogen (secondary N) is 1. The van der Waals surface area contributed by atoms with Crippen molar-refractivity contribution >= 4 is 5.96 Å². The minimum absolute atomic E-state index is 0.108. The lowest BCUT2D eigenvalue weighted by Gasteiger charge is -2.28. The molecule has 6 heteroatoms. The lowest BCUT2D eigenvalue weighted by Crippen LogP contribution is -2.42. The zero-order valence-electron chi connectivity index (χ0n) is 16.7. The number of aliphatic imine (C=N–C) groups is 1. The Morgan fingerprint density at radius 2 is 1.70 bits per heavy atom. The lowest BCUT2D eigenvalue weighted by molar-refractivity contribution is 0.295. The maximum Gasteiger partial charge on any atom is 0.193 e. The van der Waals surface area contributed by atoms with E-state index in [2.05, 4.69) is 20.1 Å². The molecule has 0 spiro atoms. The van der Waals surface area contributed by atoms with E-state index in [0.29, 0.717) is 6.54 Å². The molecule has 0 saturated carbocycles. The van der Waals surface area contributed by atoms with Crippen LogP contribution in [0.1, 0.15) is 17.2 Å². The number of guanidine groups is 1. The normalized spacial score (nSPS) is 12.8. The van der Waals surface area contributed by atoms with Crippen LogP contribution >= 0.6 is 0 Å². The van der Waals surface area contributed by atoms with Gasteiger partial charge in [0.2, 0.25) is 0 Å². The van der Waals surface area contributed by atoms with Crippen molar-refractivity contribution in [3.8, 4) is 5.75 Å². The second kappa shape index (κ2) is 9.92. The Morgan fingerprint density at radius 1 is 1.07 bits per heavy atom. The molecule has 1 atom stereocenters. The molecular formula is C21H29FN4O. The number of halogens is 1. The molecule has 0 amide bonds. The predicted octanol–water partition coefficient (Wildman–Crippen LogP) is 3.14. The van der Waals surface area contributed by atoms with Crippen LogP contribution in [0.4, 0.5) is 4.39 Å². The number of likely N-dealkylation sites (N-methyl/N-ethyl adjacent to an activating group) is 1. The molecule has 0 heterocycles. The molecule has 2 aromatic rings. The summed E-state index contributed by atoms with van der Waals surface area (Å²) < 4.78 is 18.4. The van der Waals surface area contributed by atoms with Crippen LogP contribution in [0.15, 0.2) is 53.5 Å². The molecule has 0 aliphatic heterocycles. The molecular weight excluding hydrogens is 343 g/mol. The Labute approximate surface area is 161 Å². The molecule has 0 radical (unpaired) electrons. The van der Waals surface area contributed by atoms with Gasteiger partial charge in [0.1, 0.15) is 11.6 Å². The van der Waals surface area contributed by atoms with Crippen molar-refractivity contribution < 1.29 is 9.13 Å². The van der Waals surface area contributed by atoms with E-state index in [1.165, 1.54) is 17.7 Å². The molecule has 2 aromatic carbocycles. The average molecular weight is 372 g/mol. The van der Waals surface area contributed by atoms with E-state index in [1.807, 2.05) is 57.5 Å². The van der Waals surface area contributed by atoms with Crippen molar-refractivity contribution in [2.24, 2.45) is 4.99 Å². The maximum absolute atomic E-state index is 13.2. The largest absolute Gasteiger partial charge is 0.497 e. The Kier molecular flexibility index (Phi) is 7.61. The molecule has 1 unspecified atom stereocenters. The fourth-order valence-electron chi connectivity index (χ4n) is 2.94. The molecule has 0 aromatic heterocycles. The third kappa shape index (κ3) is 5.96. The Morgan fingerprint density at radius 3 is 2.22 bits per heavy atom. The number of rotatable bonds is 7. The molecule has 0 aliphatic rings. The third-order valence-corrected chi connectivity index (χ3v) is 4.48. The van der Waals surface area contributed by atoms with Gasteiger partial charge < -0.3 is 19.9 Å². The zero-order chi connectivity index (χ0) is 19.8. The van der Waals surface area contributed by atoms with E-state index in [4.69, 9.17) is 4.74 Å². The van der Waals surface area contributed by atoms with Gasteiger partial charge >= 0.3 is 0 Å². The van der Waals surface area contributed by atoms with Gasteiger partial charge in [-0.15, -0.1) is 0 Å². The first-order valence-corrected chi connectivity index (χ1v) is 8.91. The topological polar surface area (TPSA) is 40.1 Å².